The predicted molar refractivity (Wildman–Crippen MR) is 124 cm³/mol. The fraction of sp³-hybridized carbons (Fsp3) is 0.346. The van der Waals surface area contributed by atoms with E-state index < -0.39 is 0 Å². The monoisotopic (exact) mass is 412 g/mol. The Morgan fingerprint density at radius 2 is 1.84 bits per heavy atom. The van der Waals surface area contributed by atoms with Gasteiger partial charge in [0, 0.05) is 37.1 Å². The molecule has 1 aliphatic heterocycles. The zero-order valence-electron chi connectivity index (χ0n) is 18.5. The minimum absolute atomic E-state index is 0.0720. The molecule has 2 aromatic carbocycles. The molecule has 0 unspecified atom stereocenters. The van der Waals surface area contributed by atoms with Gasteiger partial charge in [0.25, 0.3) is 5.91 Å². The van der Waals surface area contributed by atoms with Crippen molar-refractivity contribution >= 4 is 22.6 Å². The lowest BCUT2D eigenvalue weighted by atomic mass is 10.0. The third-order valence-electron chi connectivity index (χ3n) is 6.08. The summed E-state index contributed by atoms with van der Waals surface area (Å²) in [5.74, 6) is 0.796. The van der Waals surface area contributed by atoms with Gasteiger partial charge in [0.05, 0.1) is 11.1 Å². The minimum Gasteiger partial charge on any atom is -0.354 e. The zero-order valence-corrected chi connectivity index (χ0v) is 18.5. The van der Waals surface area contributed by atoms with E-state index in [1.54, 1.807) is 0 Å². The number of anilines is 1. The van der Waals surface area contributed by atoms with Crippen LogP contribution in [0.25, 0.3) is 10.9 Å². The molecule has 3 aromatic rings. The van der Waals surface area contributed by atoms with Crippen LogP contribution in [0.1, 0.15) is 46.0 Å². The predicted octanol–water partition coefficient (Wildman–Crippen LogP) is 4.64. The van der Waals surface area contributed by atoms with E-state index in [1.807, 2.05) is 35.2 Å². The van der Waals surface area contributed by atoms with Gasteiger partial charge in [0.2, 0.25) is 0 Å². The molecular formula is C26H28N4O. The van der Waals surface area contributed by atoms with Crippen molar-refractivity contribution in [1.29, 1.82) is 5.26 Å². The number of hydrogen-bond acceptors (Lipinski definition) is 4. The van der Waals surface area contributed by atoms with Gasteiger partial charge in [0.1, 0.15) is 11.9 Å². The van der Waals surface area contributed by atoms with Gasteiger partial charge < -0.3 is 9.80 Å². The Kier molecular flexibility index (Phi) is 5.90. The Morgan fingerprint density at radius 3 is 2.55 bits per heavy atom. The second-order valence-corrected chi connectivity index (χ2v) is 8.30. The van der Waals surface area contributed by atoms with Crippen LogP contribution in [0.3, 0.4) is 0 Å². The molecule has 5 heteroatoms. The van der Waals surface area contributed by atoms with Crippen LogP contribution < -0.4 is 4.90 Å². The number of hydrogen-bond donors (Lipinski definition) is 0. The number of amides is 1. The van der Waals surface area contributed by atoms with Crippen LogP contribution in [0.2, 0.25) is 0 Å². The summed E-state index contributed by atoms with van der Waals surface area (Å²) in [6.45, 7) is 8.99. The number of nitrogens with zero attached hydrogens (tertiary/aromatic N) is 4. The largest absolute Gasteiger partial charge is 0.354 e. The van der Waals surface area contributed by atoms with Crippen molar-refractivity contribution in [3.8, 4) is 6.07 Å². The molecule has 5 nitrogen and oxygen atoms in total. The van der Waals surface area contributed by atoms with Crippen molar-refractivity contribution in [3.05, 3.63) is 70.3 Å². The summed E-state index contributed by atoms with van der Waals surface area (Å²) in [6, 6.07) is 16.4. The number of benzene rings is 2. The SMILES string of the molecule is CCc1ccc(C(=O)N2CCCN(c3nc4cc(C)cc(C)c4cc3C#N)CC2)cc1. The quantitative estimate of drug-likeness (QED) is 0.629. The average molecular weight is 413 g/mol. The summed E-state index contributed by atoms with van der Waals surface area (Å²) in [4.78, 5) is 22.0. The normalized spacial score (nSPS) is 14.4. The smallest absolute Gasteiger partial charge is 0.253 e. The van der Waals surface area contributed by atoms with E-state index in [1.165, 1.54) is 5.56 Å². The van der Waals surface area contributed by atoms with Crippen LogP contribution in [0.15, 0.2) is 42.5 Å². The number of fused-ring (bicyclic) bond motifs is 1. The van der Waals surface area contributed by atoms with Crippen LogP contribution in [0, 0.1) is 25.2 Å². The maximum Gasteiger partial charge on any atom is 0.253 e. The maximum absolute atomic E-state index is 13.0. The molecule has 158 valence electrons. The van der Waals surface area contributed by atoms with Gasteiger partial charge in [-0.15, -0.1) is 0 Å². The number of nitriles is 1. The van der Waals surface area contributed by atoms with Crippen LogP contribution in [0.5, 0.6) is 0 Å². The molecule has 1 aromatic heterocycles. The summed E-state index contributed by atoms with van der Waals surface area (Å²) in [5, 5.41) is 10.8. The molecule has 1 aliphatic rings. The molecule has 1 fully saturated rings. The van der Waals surface area contributed by atoms with Gasteiger partial charge >= 0.3 is 0 Å². The molecule has 0 atom stereocenters. The topological polar surface area (TPSA) is 60.2 Å². The van der Waals surface area contributed by atoms with E-state index >= 15 is 0 Å². The molecule has 1 amide bonds. The first-order chi connectivity index (χ1) is 15.0. The lowest BCUT2D eigenvalue weighted by Crippen LogP contribution is -2.35. The molecule has 0 bridgehead atoms. The number of carbonyl (C=O) groups is 1. The molecule has 0 spiro atoms. The summed E-state index contributed by atoms with van der Waals surface area (Å²) in [7, 11) is 0. The molecule has 4 rings (SSSR count). The maximum atomic E-state index is 13.0. The van der Waals surface area contributed by atoms with Gasteiger partial charge in [-0.25, -0.2) is 4.98 Å². The fourth-order valence-electron chi connectivity index (χ4n) is 4.34. The van der Waals surface area contributed by atoms with E-state index in [2.05, 4.69) is 43.9 Å². The van der Waals surface area contributed by atoms with Gasteiger partial charge in [-0.1, -0.05) is 25.1 Å². The summed E-state index contributed by atoms with van der Waals surface area (Å²) < 4.78 is 0. The van der Waals surface area contributed by atoms with Crippen molar-refractivity contribution in [2.45, 2.75) is 33.6 Å². The van der Waals surface area contributed by atoms with Gasteiger partial charge in [-0.3, -0.25) is 4.79 Å². The third kappa shape index (κ3) is 4.25. The number of aryl methyl sites for hydroxylation is 3. The Balaban J connectivity index is 1.57. The van der Waals surface area contributed by atoms with Crippen LogP contribution in [0.4, 0.5) is 5.82 Å². The van der Waals surface area contributed by atoms with E-state index in [9.17, 15) is 10.1 Å². The standard InChI is InChI=1S/C26H28N4O/c1-4-20-6-8-21(9-7-20)26(31)30-11-5-10-29(12-13-30)25-22(17-27)16-23-19(3)14-18(2)15-24(23)28-25/h6-9,14-16H,4-5,10-13H2,1-3H3. The average Bonchev–Trinajstić information content (AvgIpc) is 3.04. The highest BCUT2D eigenvalue weighted by atomic mass is 16.2. The van der Waals surface area contributed by atoms with Gasteiger partial charge in [-0.2, -0.15) is 5.26 Å². The molecule has 0 N–H and O–H groups in total. The number of aromatic nitrogens is 1. The number of pyridine rings is 1. The second kappa shape index (κ2) is 8.77. The molecule has 0 radical (unpaired) electrons. The Labute approximate surface area is 183 Å². The zero-order chi connectivity index (χ0) is 22.0. The number of carbonyl (C=O) groups excluding carboxylic acids is 1. The van der Waals surface area contributed by atoms with E-state index in [0.29, 0.717) is 25.2 Å². The summed E-state index contributed by atoms with van der Waals surface area (Å²) in [5.41, 5.74) is 5.77. The lowest BCUT2D eigenvalue weighted by molar-refractivity contribution is 0.0767. The van der Waals surface area contributed by atoms with Crippen molar-refractivity contribution in [1.82, 2.24) is 9.88 Å². The second-order valence-electron chi connectivity index (χ2n) is 8.30. The molecule has 0 aliphatic carbocycles. The first kappa shape index (κ1) is 20.9. The molecule has 31 heavy (non-hydrogen) atoms. The van der Waals surface area contributed by atoms with Crippen LogP contribution in [-0.4, -0.2) is 42.0 Å². The molecule has 0 saturated carbocycles. The van der Waals surface area contributed by atoms with Crippen molar-refractivity contribution < 1.29 is 4.79 Å². The fourth-order valence-corrected chi connectivity index (χ4v) is 4.34. The van der Waals surface area contributed by atoms with Crippen molar-refractivity contribution in [3.63, 3.8) is 0 Å². The van der Waals surface area contributed by atoms with Gasteiger partial charge in [0.15, 0.2) is 0 Å². The highest BCUT2D eigenvalue weighted by Crippen LogP contribution is 2.27. The molecule has 1 saturated heterocycles. The third-order valence-corrected chi connectivity index (χ3v) is 6.08. The summed E-state index contributed by atoms with van der Waals surface area (Å²) in [6.07, 6.45) is 1.81. The van der Waals surface area contributed by atoms with Crippen LogP contribution in [-0.2, 0) is 6.42 Å². The Morgan fingerprint density at radius 1 is 1.06 bits per heavy atom. The highest BCUT2D eigenvalue weighted by molar-refractivity contribution is 5.94. The minimum atomic E-state index is 0.0720. The van der Waals surface area contributed by atoms with Crippen molar-refractivity contribution in [2.24, 2.45) is 0 Å². The summed E-state index contributed by atoms with van der Waals surface area (Å²) >= 11 is 0. The Bertz CT molecular complexity index is 1160. The first-order valence-corrected chi connectivity index (χ1v) is 11.0. The lowest BCUT2D eigenvalue weighted by Gasteiger charge is -2.24. The molecular weight excluding hydrogens is 384 g/mol. The molecule has 2 heterocycles. The number of rotatable bonds is 3. The first-order valence-electron chi connectivity index (χ1n) is 11.0. The van der Waals surface area contributed by atoms with E-state index in [0.717, 1.165) is 52.8 Å². The van der Waals surface area contributed by atoms with Crippen molar-refractivity contribution in [2.75, 3.05) is 31.1 Å². The van der Waals surface area contributed by atoms with E-state index in [4.69, 9.17) is 4.98 Å². The van der Waals surface area contributed by atoms with E-state index in [-0.39, 0.29) is 5.91 Å². The Hall–Kier alpha value is -3.39. The highest BCUT2D eigenvalue weighted by Gasteiger charge is 2.23. The van der Waals surface area contributed by atoms with Crippen LogP contribution >= 0.6 is 0 Å². The van der Waals surface area contributed by atoms with Gasteiger partial charge in [-0.05, 0) is 67.6 Å².